The number of nitrogens with one attached hydrogen (secondary N) is 1. The quantitative estimate of drug-likeness (QED) is 0.932. The van der Waals surface area contributed by atoms with Crippen molar-refractivity contribution in [1.82, 2.24) is 5.32 Å². The molecular formula is C17H17F2NO. The van der Waals surface area contributed by atoms with Gasteiger partial charge in [-0.3, -0.25) is 0 Å². The summed E-state index contributed by atoms with van der Waals surface area (Å²) in [6.45, 7) is 2.95. The molecule has 1 atom stereocenters. The second-order valence-corrected chi connectivity index (χ2v) is 5.42. The standard InChI is InChI=1S/C17H17F2NO/c1-11-2-5-17-12(6-11)8-15(21-17)10-20-9-13-7-14(18)3-4-16(13)19/h2-7,15,20H,8-10H2,1H3. The van der Waals surface area contributed by atoms with Crippen LogP contribution >= 0.6 is 0 Å². The van der Waals surface area contributed by atoms with Crippen molar-refractivity contribution in [2.75, 3.05) is 6.54 Å². The van der Waals surface area contributed by atoms with E-state index in [1.54, 1.807) is 0 Å². The van der Waals surface area contributed by atoms with E-state index in [9.17, 15) is 8.78 Å². The van der Waals surface area contributed by atoms with Crippen molar-refractivity contribution in [3.8, 4) is 5.75 Å². The van der Waals surface area contributed by atoms with E-state index in [0.717, 1.165) is 24.3 Å². The lowest BCUT2D eigenvalue weighted by Crippen LogP contribution is -2.30. The third-order valence-corrected chi connectivity index (χ3v) is 3.65. The molecule has 1 N–H and O–H groups in total. The molecule has 0 spiro atoms. The lowest BCUT2D eigenvalue weighted by molar-refractivity contribution is 0.227. The van der Waals surface area contributed by atoms with Crippen LogP contribution in [0.5, 0.6) is 5.75 Å². The van der Waals surface area contributed by atoms with Crippen molar-refractivity contribution in [2.45, 2.75) is 26.0 Å². The van der Waals surface area contributed by atoms with E-state index in [2.05, 4.69) is 18.3 Å². The molecule has 2 aromatic carbocycles. The zero-order valence-electron chi connectivity index (χ0n) is 11.8. The minimum absolute atomic E-state index is 0.0402. The molecule has 0 saturated heterocycles. The van der Waals surface area contributed by atoms with Crippen LogP contribution in [-0.2, 0) is 13.0 Å². The number of hydrogen-bond donors (Lipinski definition) is 1. The SMILES string of the molecule is Cc1ccc2c(c1)CC(CNCc1cc(F)ccc1F)O2. The summed E-state index contributed by atoms with van der Waals surface area (Å²) < 4.78 is 32.4. The first kappa shape index (κ1) is 14.0. The van der Waals surface area contributed by atoms with E-state index < -0.39 is 11.6 Å². The number of rotatable bonds is 4. The van der Waals surface area contributed by atoms with Gasteiger partial charge in [0.1, 0.15) is 23.5 Å². The minimum Gasteiger partial charge on any atom is -0.488 e. The molecule has 0 amide bonds. The molecule has 1 aliphatic rings. The lowest BCUT2D eigenvalue weighted by atomic mass is 10.1. The number of hydrogen-bond acceptors (Lipinski definition) is 2. The molecule has 0 bridgehead atoms. The minimum atomic E-state index is -0.423. The second-order valence-electron chi connectivity index (χ2n) is 5.42. The van der Waals surface area contributed by atoms with Crippen LogP contribution in [0.2, 0.25) is 0 Å². The van der Waals surface area contributed by atoms with Crippen LogP contribution in [0.25, 0.3) is 0 Å². The van der Waals surface area contributed by atoms with Gasteiger partial charge in [0.05, 0.1) is 0 Å². The van der Waals surface area contributed by atoms with Gasteiger partial charge in [0, 0.05) is 25.1 Å². The lowest BCUT2D eigenvalue weighted by Gasteiger charge is -2.12. The average molecular weight is 289 g/mol. The molecule has 1 aliphatic heterocycles. The molecule has 110 valence electrons. The smallest absolute Gasteiger partial charge is 0.127 e. The highest BCUT2D eigenvalue weighted by molar-refractivity contribution is 5.40. The normalized spacial score (nSPS) is 16.6. The first-order chi connectivity index (χ1) is 10.1. The molecule has 0 saturated carbocycles. The maximum absolute atomic E-state index is 13.5. The molecule has 2 aromatic rings. The molecule has 21 heavy (non-hydrogen) atoms. The number of benzene rings is 2. The second kappa shape index (κ2) is 5.82. The zero-order chi connectivity index (χ0) is 14.8. The summed E-state index contributed by atoms with van der Waals surface area (Å²) in [5, 5.41) is 3.13. The highest BCUT2D eigenvalue weighted by atomic mass is 19.1. The molecule has 1 heterocycles. The third-order valence-electron chi connectivity index (χ3n) is 3.65. The number of ether oxygens (including phenoxy) is 1. The number of halogens is 2. The van der Waals surface area contributed by atoms with Gasteiger partial charge in [-0.15, -0.1) is 0 Å². The maximum Gasteiger partial charge on any atom is 0.127 e. The van der Waals surface area contributed by atoms with Crippen molar-refractivity contribution in [3.05, 3.63) is 64.7 Å². The van der Waals surface area contributed by atoms with Gasteiger partial charge < -0.3 is 10.1 Å². The van der Waals surface area contributed by atoms with Gasteiger partial charge in [0.25, 0.3) is 0 Å². The molecule has 0 fully saturated rings. The molecule has 0 radical (unpaired) electrons. The summed E-state index contributed by atoms with van der Waals surface area (Å²) in [5.41, 5.74) is 2.76. The van der Waals surface area contributed by atoms with Crippen LogP contribution in [0.3, 0.4) is 0 Å². The predicted octanol–water partition coefficient (Wildman–Crippen LogP) is 3.37. The van der Waals surface area contributed by atoms with E-state index in [1.807, 2.05) is 12.1 Å². The average Bonchev–Trinajstić information content (AvgIpc) is 2.84. The van der Waals surface area contributed by atoms with Crippen molar-refractivity contribution in [1.29, 1.82) is 0 Å². The highest BCUT2D eigenvalue weighted by Crippen LogP contribution is 2.29. The monoisotopic (exact) mass is 289 g/mol. The molecular weight excluding hydrogens is 272 g/mol. The van der Waals surface area contributed by atoms with Crippen molar-refractivity contribution in [2.24, 2.45) is 0 Å². The van der Waals surface area contributed by atoms with Crippen LogP contribution in [0.1, 0.15) is 16.7 Å². The van der Waals surface area contributed by atoms with E-state index in [1.165, 1.54) is 17.2 Å². The van der Waals surface area contributed by atoms with Gasteiger partial charge in [-0.1, -0.05) is 17.7 Å². The Bertz CT molecular complexity index is 657. The Morgan fingerprint density at radius 1 is 1.19 bits per heavy atom. The van der Waals surface area contributed by atoms with Crippen LogP contribution in [0.15, 0.2) is 36.4 Å². The third kappa shape index (κ3) is 3.22. The number of fused-ring (bicyclic) bond motifs is 1. The van der Waals surface area contributed by atoms with Crippen LogP contribution in [0, 0.1) is 18.6 Å². The Labute approximate surface area is 122 Å². The molecule has 1 unspecified atom stereocenters. The summed E-state index contributed by atoms with van der Waals surface area (Å²) in [4.78, 5) is 0. The van der Waals surface area contributed by atoms with E-state index in [4.69, 9.17) is 4.74 Å². The van der Waals surface area contributed by atoms with Crippen LogP contribution < -0.4 is 10.1 Å². The Morgan fingerprint density at radius 2 is 2.05 bits per heavy atom. The van der Waals surface area contributed by atoms with Gasteiger partial charge in [-0.25, -0.2) is 8.78 Å². The first-order valence-electron chi connectivity index (χ1n) is 7.02. The van der Waals surface area contributed by atoms with Gasteiger partial charge in [-0.2, -0.15) is 0 Å². The Morgan fingerprint density at radius 3 is 2.90 bits per heavy atom. The summed E-state index contributed by atoms with van der Waals surface area (Å²) in [7, 11) is 0. The molecule has 0 aliphatic carbocycles. The Hall–Kier alpha value is -1.94. The van der Waals surface area contributed by atoms with Crippen molar-refractivity contribution >= 4 is 0 Å². The molecule has 0 aromatic heterocycles. The van der Waals surface area contributed by atoms with Gasteiger partial charge >= 0.3 is 0 Å². The number of aryl methyl sites for hydroxylation is 1. The van der Waals surface area contributed by atoms with Crippen LogP contribution in [-0.4, -0.2) is 12.6 Å². The van der Waals surface area contributed by atoms with Gasteiger partial charge in [0.2, 0.25) is 0 Å². The Balaban J connectivity index is 1.54. The predicted molar refractivity (Wildman–Crippen MR) is 77.4 cm³/mol. The van der Waals surface area contributed by atoms with Crippen molar-refractivity contribution < 1.29 is 13.5 Å². The summed E-state index contributed by atoms with van der Waals surface area (Å²) in [6, 6.07) is 9.63. The van der Waals surface area contributed by atoms with E-state index in [-0.39, 0.29) is 6.10 Å². The first-order valence-corrected chi connectivity index (χ1v) is 7.02. The topological polar surface area (TPSA) is 21.3 Å². The van der Waals surface area contributed by atoms with Crippen molar-refractivity contribution in [3.63, 3.8) is 0 Å². The molecule has 3 rings (SSSR count). The fourth-order valence-electron chi connectivity index (χ4n) is 2.61. The summed E-state index contributed by atoms with van der Waals surface area (Å²) in [5.74, 6) is 0.104. The highest BCUT2D eigenvalue weighted by Gasteiger charge is 2.22. The van der Waals surface area contributed by atoms with Gasteiger partial charge in [0.15, 0.2) is 0 Å². The summed E-state index contributed by atoms with van der Waals surface area (Å²) >= 11 is 0. The molecule has 4 heteroatoms. The Kier molecular flexibility index (Phi) is 3.88. The van der Waals surface area contributed by atoms with Crippen LogP contribution in [0.4, 0.5) is 8.78 Å². The van der Waals surface area contributed by atoms with Gasteiger partial charge in [-0.05, 0) is 36.8 Å². The van der Waals surface area contributed by atoms with E-state index in [0.29, 0.717) is 18.7 Å². The fourth-order valence-corrected chi connectivity index (χ4v) is 2.61. The maximum atomic E-state index is 13.5. The largest absolute Gasteiger partial charge is 0.488 e. The molecule has 2 nitrogen and oxygen atoms in total. The fraction of sp³-hybridized carbons (Fsp3) is 0.294. The summed E-state index contributed by atoms with van der Waals surface area (Å²) in [6.07, 6.45) is 0.883. The van der Waals surface area contributed by atoms with E-state index >= 15 is 0 Å². The zero-order valence-corrected chi connectivity index (χ0v) is 11.8.